The molecule has 0 saturated heterocycles. The molecule has 0 aromatic carbocycles. The van der Waals surface area contributed by atoms with Crippen molar-refractivity contribution in [3.8, 4) is 0 Å². The molecule has 8 N–H and O–H groups in total. The fraction of sp³-hybridized carbons (Fsp3) is 0.636. The van der Waals surface area contributed by atoms with E-state index < -0.39 is 60.2 Å². The number of aromatic nitrogens is 2. The van der Waals surface area contributed by atoms with Crippen molar-refractivity contribution >= 4 is 41.4 Å². The van der Waals surface area contributed by atoms with Crippen LogP contribution in [0.25, 0.3) is 0 Å². The highest BCUT2D eigenvalue weighted by Gasteiger charge is 2.31. The molecule has 0 saturated carbocycles. The highest BCUT2D eigenvalue weighted by molar-refractivity contribution is 7.98. The van der Waals surface area contributed by atoms with E-state index >= 15 is 0 Å². The molecule has 0 aliphatic rings. The van der Waals surface area contributed by atoms with E-state index in [-0.39, 0.29) is 25.2 Å². The molecule has 202 valence electrons. The summed E-state index contributed by atoms with van der Waals surface area (Å²) in [6, 6.07) is -4.55. The van der Waals surface area contributed by atoms with E-state index in [2.05, 4.69) is 25.9 Å². The number of nitrogens with zero attached hydrogens (tertiary/aromatic N) is 1. The van der Waals surface area contributed by atoms with Crippen LogP contribution in [0.15, 0.2) is 12.5 Å². The molecule has 13 nitrogen and oxygen atoms in total. The van der Waals surface area contributed by atoms with Crippen molar-refractivity contribution in [3.05, 3.63) is 18.2 Å². The maximum absolute atomic E-state index is 13.2. The van der Waals surface area contributed by atoms with Gasteiger partial charge in [-0.05, 0) is 37.2 Å². The standard InChI is InChI=1S/C22H36N6O7S/c1-12(2)8-14(23)19(31)28-17(9-13-10-24-11-25-13)21(33)26-15(4-5-18(29)30)20(32)27-16(22(34)35)6-7-36-3/h10-12,14-17H,4-9,23H2,1-3H3,(H,24,25)(H,26,33)(H,27,32)(H,28,31)(H,29,30)(H,34,35). The number of aliphatic carboxylic acids is 2. The topological polar surface area (TPSA) is 217 Å². The van der Waals surface area contributed by atoms with Crippen LogP contribution in [-0.4, -0.2) is 86.0 Å². The third-order valence-electron chi connectivity index (χ3n) is 5.18. The molecular formula is C22H36N6O7S. The van der Waals surface area contributed by atoms with Crippen LogP contribution in [0.1, 0.15) is 45.2 Å². The number of carboxylic acid groups (broad SMARTS) is 2. The van der Waals surface area contributed by atoms with Crippen molar-refractivity contribution in [2.24, 2.45) is 11.7 Å². The number of thioether (sulfide) groups is 1. The summed E-state index contributed by atoms with van der Waals surface area (Å²) in [5.41, 5.74) is 6.47. The van der Waals surface area contributed by atoms with Crippen LogP contribution in [0.2, 0.25) is 0 Å². The van der Waals surface area contributed by atoms with Crippen LogP contribution < -0.4 is 21.7 Å². The zero-order chi connectivity index (χ0) is 27.3. The van der Waals surface area contributed by atoms with Gasteiger partial charge in [0.2, 0.25) is 17.7 Å². The highest BCUT2D eigenvalue weighted by Crippen LogP contribution is 2.07. The Bertz CT molecular complexity index is 880. The van der Waals surface area contributed by atoms with Gasteiger partial charge in [-0.25, -0.2) is 9.78 Å². The lowest BCUT2D eigenvalue weighted by Gasteiger charge is -2.25. The van der Waals surface area contributed by atoms with Gasteiger partial charge in [0.15, 0.2) is 0 Å². The smallest absolute Gasteiger partial charge is 0.326 e. The first-order valence-electron chi connectivity index (χ1n) is 11.5. The molecule has 14 heteroatoms. The summed E-state index contributed by atoms with van der Waals surface area (Å²) in [4.78, 5) is 68.0. The number of imidazole rings is 1. The molecule has 0 spiro atoms. The van der Waals surface area contributed by atoms with Crippen molar-refractivity contribution in [1.82, 2.24) is 25.9 Å². The number of hydrogen-bond donors (Lipinski definition) is 7. The van der Waals surface area contributed by atoms with Gasteiger partial charge in [-0.3, -0.25) is 19.2 Å². The van der Waals surface area contributed by atoms with Crippen LogP contribution in [0.4, 0.5) is 0 Å². The third-order valence-corrected chi connectivity index (χ3v) is 5.82. The van der Waals surface area contributed by atoms with E-state index in [1.165, 1.54) is 24.3 Å². The molecule has 1 aromatic rings. The second-order valence-corrected chi connectivity index (χ2v) is 9.74. The summed E-state index contributed by atoms with van der Waals surface area (Å²) >= 11 is 1.40. The van der Waals surface area contributed by atoms with E-state index in [0.29, 0.717) is 17.9 Å². The first-order valence-corrected chi connectivity index (χ1v) is 12.9. The average molecular weight is 529 g/mol. The van der Waals surface area contributed by atoms with E-state index in [0.717, 1.165) is 0 Å². The minimum absolute atomic E-state index is 0.00468. The summed E-state index contributed by atoms with van der Waals surface area (Å²) < 4.78 is 0. The predicted molar refractivity (Wildman–Crippen MR) is 133 cm³/mol. The molecular weight excluding hydrogens is 492 g/mol. The van der Waals surface area contributed by atoms with E-state index in [4.69, 9.17) is 10.8 Å². The Kier molecular flexibility index (Phi) is 13.5. The monoisotopic (exact) mass is 528 g/mol. The third kappa shape index (κ3) is 11.5. The number of aromatic amines is 1. The van der Waals surface area contributed by atoms with Crippen LogP contribution in [-0.2, 0) is 30.4 Å². The normalized spacial score (nSPS) is 14.4. The molecule has 1 rings (SSSR count). The fourth-order valence-electron chi connectivity index (χ4n) is 3.29. The van der Waals surface area contributed by atoms with Gasteiger partial charge in [0.05, 0.1) is 12.4 Å². The molecule has 0 radical (unpaired) electrons. The average Bonchev–Trinajstić information content (AvgIpc) is 3.30. The van der Waals surface area contributed by atoms with Crippen molar-refractivity contribution < 1.29 is 34.2 Å². The Labute approximate surface area is 213 Å². The number of nitrogens with two attached hydrogens (primary N) is 1. The van der Waals surface area contributed by atoms with E-state index in [9.17, 15) is 29.1 Å². The van der Waals surface area contributed by atoms with Crippen LogP contribution >= 0.6 is 11.8 Å². The molecule has 0 aliphatic carbocycles. The zero-order valence-corrected chi connectivity index (χ0v) is 21.5. The molecule has 4 unspecified atom stereocenters. The van der Waals surface area contributed by atoms with Crippen LogP contribution in [0.5, 0.6) is 0 Å². The summed E-state index contributed by atoms with van der Waals surface area (Å²) in [6.45, 7) is 3.80. The fourth-order valence-corrected chi connectivity index (χ4v) is 3.76. The molecule has 3 amide bonds. The minimum atomic E-state index is -1.34. The van der Waals surface area contributed by atoms with Crippen LogP contribution in [0.3, 0.4) is 0 Å². The first-order chi connectivity index (χ1) is 16.9. The Morgan fingerprint density at radius 3 is 2.14 bits per heavy atom. The van der Waals surface area contributed by atoms with Crippen LogP contribution in [0, 0.1) is 5.92 Å². The molecule has 36 heavy (non-hydrogen) atoms. The summed E-state index contributed by atoms with van der Waals surface area (Å²) in [5, 5.41) is 25.9. The van der Waals surface area contributed by atoms with Gasteiger partial charge in [-0.1, -0.05) is 13.8 Å². The number of amides is 3. The lowest BCUT2D eigenvalue weighted by atomic mass is 10.0. The largest absolute Gasteiger partial charge is 0.481 e. The summed E-state index contributed by atoms with van der Waals surface area (Å²) in [6.07, 6.45) is 4.48. The van der Waals surface area contributed by atoms with E-state index in [1.54, 1.807) is 6.26 Å². The number of carbonyl (C=O) groups excluding carboxylic acids is 3. The Morgan fingerprint density at radius 2 is 1.61 bits per heavy atom. The predicted octanol–water partition coefficient (Wildman–Crippen LogP) is -0.517. The zero-order valence-electron chi connectivity index (χ0n) is 20.7. The number of H-pyrrole nitrogens is 1. The Hall–Kier alpha value is -3.13. The molecule has 1 heterocycles. The number of nitrogens with one attached hydrogen (secondary N) is 4. The molecule has 0 bridgehead atoms. The molecule has 1 aromatic heterocycles. The Morgan fingerprint density at radius 1 is 1.00 bits per heavy atom. The van der Waals surface area contributed by atoms with Gasteiger partial charge in [0.25, 0.3) is 0 Å². The van der Waals surface area contributed by atoms with E-state index in [1.807, 2.05) is 13.8 Å². The number of carboxylic acids is 2. The van der Waals surface area contributed by atoms with Gasteiger partial charge >= 0.3 is 11.9 Å². The molecule has 0 aliphatic heterocycles. The number of rotatable bonds is 17. The number of hydrogen-bond acceptors (Lipinski definition) is 8. The first kappa shape index (κ1) is 30.9. The second kappa shape index (κ2) is 15.8. The lowest BCUT2D eigenvalue weighted by molar-refractivity contribution is -0.143. The van der Waals surface area contributed by atoms with Gasteiger partial charge in [0.1, 0.15) is 18.1 Å². The van der Waals surface area contributed by atoms with Gasteiger partial charge in [-0.2, -0.15) is 11.8 Å². The van der Waals surface area contributed by atoms with Crippen molar-refractivity contribution in [2.75, 3.05) is 12.0 Å². The second-order valence-electron chi connectivity index (χ2n) is 8.75. The quantitative estimate of drug-likeness (QED) is 0.137. The minimum Gasteiger partial charge on any atom is -0.481 e. The van der Waals surface area contributed by atoms with Crippen molar-refractivity contribution in [1.29, 1.82) is 0 Å². The SMILES string of the molecule is CSCCC(NC(=O)C(CCC(=O)O)NC(=O)C(Cc1cnc[nH]1)NC(=O)C(N)CC(C)C)C(=O)O. The number of carbonyl (C=O) groups is 5. The molecule has 4 atom stereocenters. The highest BCUT2D eigenvalue weighted by atomic mass is 32.2. The summed E-state index contributed by atoms with van der Waals surface area (Å²) in [7, 11) is 0. The maximum Gasteiger partial charge on any atom is 0.326 e. The van der Waals surface area contributed by atoms with Crippen molar-refractivity contribution in [2.45, 2.75) is 70.1 Å². The van der Waals surface area contributed by atoms with Crippen molar-refractivity contribution in [3.63, 3.8) is 0 Å². The van der Waals surface area contributed by atoms with Gasteiger partial charge in [-0.15, -0.1) is 0 Å². The Balaban J connectivity index is 3.06. The maximum atomic E-state index is 13.2. The van der Waals surface area contributed by atoms with Gasteiger partial charge in [0, 0.05) is 24.7 Å². The summed E-state index contributed by atoms with van der Waals surface area (Å²) in [5.74, 6) is -3.97. The lowest BCUT2D eigenvalue weighted by Crippen LogP contribution is -2.57. The van der Waals surface area contributed by atoms with Gasteiger partial charge < -0.3 is 36.9 Å². The molecule has 0 fully saturated rings.